The van der Waals surface area contributed by atoms with Gasteiger partial charge in [-0.1, -0.05) is 58.0 Å². The van der Waals surface area contributed by atoms with Crippen LogP contribution in [-0.2, 0) is 4.79 Å². The molecule has 24 heavy (non-hydrogen) atoms. The van der Waals surface area contributed by atoms with E-state index in [-0.39, 0.29) is 12.5 Å². The van der Waals surface area contributed by atoms with Crippen LogP contribution in [0, 0.1) is 23.2 Å². The van der Waals surface area contributed by atoms with Crippen molar-refractivity contribution in [1.82, 2.24) is 5.32 Å². The molecular formula is C21H33NO2. The van der Waals surface area contributed by atoms with E-state index in [4.69, 9.17) is 0 Å². The maximum absolute atomic E-state index is 12.4. The second kappa shape index (κ2) is 8.15. The van der Waals surface area contributed by atoms with Crippen molar-refractivity contribution >= 4 is 5.91 Å². The highest BCUT2D eigenvalue weighted by Gasteiger charge is 2.37. The van der Waals surface area contributed by atoms with Gasteiger partial charge in [-0.3, -0.25) is 4.79 Å². The van der Waals surface area contributed by atoms with Crippen LogP contribution >= 0.6 is 0 Å². The van der Waals surface area contributed by atoms with Crippen LogP contribution in [0.1, 0.15) is 65.0 Å². The summed E-state index contributed by atoms with van der Waals surface area (Å²) in [4.78, 5) is 12.4. The van der Waals surface area contributed by atoms with Crippen LogP contribution < -0.4 is 5.32 Å². The van der Waals surface area contributed by atoms with E-state index in [9.17, 15) is 9.90 Å². The van der Waals surface area contributed by atoms with E-state index in [1.165, 1.54) is 12.8 Å². The Balaban J connectivity index is 1.87. The summed E-state index contributed by atoms with van der Waals surface area (Å²) in [6.45, 7) is 9.45. The van der Waals surface area contributed by atoms with Gasteiger partial charge in [0.05, 0.1) is 6.10 Å². The number of aliphatic hydroxyl groups is 1. The molecule has 2 N–H and O–H groups in total. The molecule has 0 aromatic heterocycles. The van der Waals surface area contributed by atoms with Gasteiger partial charge in [0.25, 0.3) is 0 Å². The standard InChI is InChI=1S/C21H33NO2/c1-15(2)18-10-11-21(3,4)13-17(18)12-20(24)22-14-19(23)16-8-6-5-7-9-16/h5-9,15,17-19,23H,10-14H2,1-4H3,(H,22,24)/t17?,18?,19-/m1/s1. The van der Waals surface area contributed by atoms with Gasteiger partial charge in [-0.05, 0) is 48.0 Å². The van der Waals surface area contributed by atoms with Gasteiger partial charge in [0.1, 0.15) is 0 Å². The lowest BCUT2D eigenvalue weighted by Crippen LogP contribution is -2.37. The molecule has 0 aliphatic heterocycles. The first kappa shape index (κ1) is 19.0. The van der Waals surface area contributed by atoms with Crippen LogP contribution in [0.2, 0.25) is 0 Å². The zero-order valence-corrected chi connectivity index (χ0v) is 15.6. The second-order valence-electron chi connectivity index (χ2n) is 8.51. The number of carbonyl (C=O) groups is 1. The first-order chi connectivity index (χ1) is 11.3. The van der Waals surface area contributed by atoms with E-state index in [1.54, 1.807) is 0 Å². The molecule has 1 aromatic rings. The molecule has 2 rings (SSSR count). The fraction of sp³-hybridized carbons (Fsp3) is 0.667. The maximum atomic E-state index is 12.4. The Morgan fingerprint density at radius 3 is 2.58 bits per heavy atom. The van der Waals surface area contributed by atoms with Gasteiger partial charge in [0.15, 0.2) is 0 Å². The highest BCUT2D eigenvalue weighted by atomic mass is 16.3. The molecule has 0 bridgehead atoms. The molecule has 1 amide bonds. The SMILES string of the molecule is CC(C)C1CCC(C)(C)CC1CC(=O)NC[C@@H](O)c1ccccc1. The quantitative estimate of drug-likeness (QED) is 0.815. The van der Waals surface area contributed by atoms with Crippen molar-refractivity contribution in [2.45, 2.75) is 59.5 Å². The molecule has 1 saturated carbocycles. The van der Waals surface area contributed by atoms with Gasteiger partial charge in [-0.2, -0.15) is 0 Å². The van der Waals surface area contributed by atoms with Gasteiger partial charge in [0.2, 0.25) is 5.91 Å². The Kier molecular flexibility index (Phi) is 6.45. The molecule has 134 valence electrons. The van der Waals surface area contributed by atoms with Crippen molar-refractivity contribution in [1.29, 1.82) is 0 Å². The normalized spacial score (nSPS) is 24.6. The number of amides is 1. The minimum Gasteiger partial charge on any atom is -0.387 e. The number of rotatable bonds is 6. The Morgan fingerprint density at radius 2 is 1.96 bits per heavy atom. The Hall–Kier alpha value is -1.35. The Bertz CT molecular complexity index is 524. The van der Waals surface area contributed by atoms with E-state index < -0.39 is 6.10 Å². The van der Waals surface area contributed by atoms with Crippen molar-refractivity contribution in [3.8, 4) is 0 Å². The molecule has 3 heteroatoms. The molecule has 0 saturated heterocycles. The topological polar surface area (TPSA) is 49.3 Å². The highest BCUT2D eigenvalue weighted by molar-refractivity contribution is 5.76. The van der Waals surface area contributed by atoms with Crippen molar-refractivity contribution < 1.29 is 9.90 Å². The second-order valence-corrected chi connectivity index (χ2v) is 8.51. The van der Waals surface area contributed by atoms with Gasteiger partial charge in [-0.25, -0.2) is 0 Å². The van der Waals surface area contributed by atoms with Crippen molar-refractivity contribution in [2.75, 3.05) is 6.54 Å². The average Bonchev–Trinajstić information content (AvgIpc) is 2.52. The Labute approximate surface area is 146 Å². The monoisotopic (exact) mass is 331 g/mol. The molecule has 3 nitrogen and oxygen atoms in total. The molecule has 0 spiro atoms. The van der Waals surface area contributed by atoms with Gasteiger partial charge < -0.3 is 10.4 Å². The molecule has 1 aromatic carbocycles. The molecule has 1 fully saturated rings. The smallest absolute Gasteiger partial charge is 0.220 e. The average molecular weight is 332 g/mol. The number of hydrogen-bond donors (Lipinski definition) is 2. The molecule has 1 aliphatic carbocycles. The molecule has 0 heterocycles. The summed E-state index contributed by atoms with van der Waals surface area (Å²) in [7, 11) is 0. The highest BCUT2D eigenvalue weighted by Crippen LogP contribution is 2.45. The zero-order chi connectivity index (χ0) is 17.7. The first-order valence-corrected chi connectivity index (χ1v) is 9.28. The molecule has 2 unspecified atom stereocenters. The minimum atomic E-state index is -0.640. The first-order valence-electron chi connectivity index (χ1n) is 9.28. The lowest BCUT2D eigenvalue weighted by Gasteiger charge is -2.42. The lowest BCUT2D eigenvalue weighted by molar-refractivity contribution is -0.123. The third-order valence-electron chi connectivity index (χ3n) is 5.56. The largest absolute Gasteiger partial charge is 0.387 e. The maximum Gasteiger partial charge on any atom is 0.220 e. The number of carbonyl (C=O) groups excluding carboxylic acids is 1. The zero-order valence-electron chi connectivity index (χ0n) is 15.6. The predicted octanol–water partition coefficient (Wildman–Crippen LogP) is 4.32. The third-order valence-corrected chi connectivity index (χ3v) is 5.56. The molecular weight excluding hydrogens is 298 g/mol. The van der Waals surface area contributed by atoms with Gasteiger partial charge in [0, 0.05) is 13.0 Å². The van der Waals surface area contributed by atoms with Crippen LogP contribution in [0.5, 0.6) is 0 Å². The van der Waals surface area contributed by atoms with E-state index >= 15 is 0 Å². The van der Waals surface area contributed by atoms with Crippen LogP contribution in [0.25, 0.3) is 0 Å². The predicted molar refractivity (Wildman–Crippen MR) is 98.5 cm³/mol. The number of hydrogen-bond acceptors (Lipinski definition) is 2. The minimum absolute atomic E-state index is 0.0679. The third kappa shape index (κ3) is 5.34. The van der Waals surface area contributed by atoms with E-state index in [2.05, 4.69) is 33.0 Å². The van der Waals surface area contributed by atoms with Crippen molar-refractivity contribution in [3.63, 3.8) is 0 Å². The summed E-state index contributed by atoms with van der Waals surface area (Å²) in [6.07, 6.45) is 3.52. The number of benzene rings is 1. The van der Waals surface area contributed by atoms with Gasteiger partial charge >= 0.3 is 0 Å². The van der Waals surface area contributed by atoms with Gasteiger partial charge in [-0.15, -0.1) is 0 Å². The molecule has 1 aliphatic rings. The molecule has 3 atom stereocenters. The fourth-order valence-electron chi connectivity index (χ4n) is 4.17. The van der Waals surface area contributed by atoms with Crippen molar-refractivity contribution in [2.24, 2.45) is 23.2 Å². The summed E-state index contributed by atoms with van der Waals surface area (Å²) in [5.41, 5.74) is 1.18. The van der Waals surface area contributed by atoms with E-state index in [0.29, 0.717) is 29.6 Å². The number of nitrogens with one attached hydrogen (secondary N) is 1. The fourth-order valence-corrected chi connectivity index (χ4v) is 4.17. The summed E-state index contributed by atoms with van der Waals surface area (Å²) in [5.74, 6) is 1.76. The lowest BCUT2D eigenvalue weighted by atomic mass is 9.63. The molecule has 0 radical (unpaired) electrons. The summed E-state index contributed by atoms with van der Waals surface area (Å²) >= 11 is 0. The van der Waals surface area contributed by atoms with Crippen molar-refractivity contribution in [3.05, 3.63) is 35.9 Å². The summed E-state index contributed by atoms with van der Waals surface area (Å²) in [6, 6.07) is 9.49. The van der Waals surface area contributed by atoms with Crippen LogP contribution in [0.3, 0.4) is 0 Å². The van der Waals surface area contributed by atoms with Crippen LogP contribution in [-0.4, -0.2) is 17.6 Å². The summed E-state index contributed by atoms with van der Waals surface area (Å²) < 4.78 is 0. The van der Waals surface area contributed by atoms with Crippen LogP contribution in [0.15, 0.2) is 30.3 Å². The van der Waals surface area contributed by atoms with E-state index in [0.717, 1.165) is 12.0 Å². The van der Waals surface area contributed by atoms with E-state index in [1.807, 2.05) is 30.3 Å². The number of aliphatic hydroxyl groups excluding tert-OH is 1. The van der Waals surface area contributed by atoms with Crippen LogP contribution in [0.4, 0.5) is 0 Å². The Morgan fingerprint density at radius 1 is 1.29 bits per heavy atom. The summed E-state index contributed by atoms with van der Waals surface area (Å²) in [5, 5.41) is 13.1.